The SMILES string of the molecule is COc1ccc(NC(=O)/C(C#N)=C(\O)C(C)(C)C)cc1. The topological polar surface area (TPSA) is 82.3 Å². The molecule has 0 aromatic heterocycles. The van der Waals surface area contributed by atoms with Crippen LogP contribution in [-0.4, -0.2) is 18.1 Å². The van der Waals surface area contributed by atoms with Crippen molar-refractivity contribution >= 4 is 11.6 Å². The first-order valence-corrected chi connectivity index (χ1v) is 6.09. The summed E-state index contributed by atoms with van der Waals surface area (Å²) in [6.07, 6.45) is 0. The first-order valence-electron chi connectivity index (χ1n) is 6.09. The molecule has 1 aromatic carbocycles. The van der Waals surface area contributed by atoms with Crippen LogP contribution in [0.2, 0.25) is 0 Å². The second-order valence-electron chi connectivity index (χ2n) is 5.27. The molecule has 0 spiro atoms. The molecule has 2 N–H and O–H groups in total. The second kappa shape index (κ2) is 6.11. The summed E-state index contributed by atoms with van der Waals surface area (Å²) in [6, 6.07) is 8.43. The summed E-state index contributed by atoms with van der Waals surface area (Å²) in [5, 5.41) is 21.6. The molecule has 0 heterocycles. The fourth-order valence-corrected chi connectivity index (χ4v) is 1.45. The highest BCUT2D eigenvalue weighted by Gasteiger charge is 2.25. The van der Waals surface area contributed by atoms with Gasteiger partial charge in [-0.3, -0.25) is 4.79 Å². The molecule has 0 fully saturated rings. The van der Waals surface area contributed by atoms with Crippen LogP contribution in [0.1, 0.15) is 20.8 Å². The molecule has 0 saturated heterocycles. The van der Waals surface area contributed by atoms with Crippen LogP contribution >= 0.6 is 0 Å². The van der Waals surface area contributed by atoms with Gasteiger partial charge >= 0.3 is 0 Å². The van der Waals surface area contributed by atoms with Gasteiger partial charge in [0.05, 0.1) is 7.11 Å². The number of amides is 1. The van der Waals surface area contributed by atoms with Gasteiger partial charge in [-0.05, 0) is 24.3 Å². The number of rotatable bonds is 3. The van der Waals surface area contributed by atoms with Crippen molar-refractivity contribution in [2.24, 2.45) is 5.41 Å². The van der Waals surface area contributed by atoms with Crippen molar-refractivity contribution in [3.8, 4) is 11.8 Å². The molecule has 0 saturated carbocycles. The smallest absolute Gasteiger partial charge is 0.269 e. The van der Waals surface area contributed by atoms with Crippen molar-refractivity contribution < 1.29 is 14.6 Å². The monoisotopic (exact) mass is 274 g/mol. The summed E-state index contributed by atoms with van der Waals surface area (Å²) in [7, 11) is 1.55. The number of allylic oxidation sites excluding steroid dienone is 1. The van der Waals surface area contributed by atoms with E-state index in [1.807, 2.05) is 0 Å². The van der Waals surface area contributed by atoms with Gasteiger partial charge in [0.25, 0.3) is 5.91 Å². The molecule has 106 valence electrons. The maximum Gasteiger partial charge on any atom is 0.269 e. The Balaban J connectivity index is 2.97. The first-order chi connectivity index (χ1) is 9.29. The molecule has 1 aromatic rings. The van der Waals surface area contributed by atoms with Gasteiger partial charge in [0, 0.05) is 11.1 Å². The maximum atomic E-state index is 12.0. The third-order valence-electron chi connectivity index (χ3n) is 2.63. The van der Waals surface area contributed by atoms with Crippen molar-refractivity contribution in [1.29, 1.82) is 5.26 Å². The second-order valence-corrected chi connectivity index (χ2v) is 5.27. The van der Waals surface area contributed by atoms with E-state index in [1.54, 1.807) is 58.2 Å². The van der Waals surface area contributed by atoms with Crippen molar-refractivity contribution in [1.82, 2.24) is 0 Å². The number of benzene rings is 1. The highest BCUT2D eigenvalue weighted by molar-refractivity contribution is 6.07. The predicted molar refractivity (Wildman–Crippen MR) is 76.3 cm³/mol. The minimum Gasteiger partial charge on any atom is -0.510 e. The molecule has 5 heteroatoms. The number of ether oxygens (including phenoxy) is 1. The number of nitrogens with one attached hydrogen (secondary N) is 1. The standard InChI is InChI=1S/C15H18N2O3/c1-15(2,3)13(18)12(9-16)14(19)17-10-5-7-11(20-4)8-6-10/h5-8,18H,1-4H3,(H,17,19)/b13-12-. The van der Waals surface area contributed by atoms with E-state index < -0.39 is 11.3 Å². The summed E-state index contributed by atoms with van der Waals surface area (Å²) in [4.78, 5) is 12.0. The Morgan fingerprint density at radius 1 is 1.30 bits per heavy atom. The molecule has 1 amide bonds. The molecule has 0 radical (unpaired) electrons. The van der Waals surface area contributed by atoms with Crippen LogP contribution in [0.3, 0.4) is 0 Å². The minimum absolute atomic E-state index is 0.231. The number of carbonyl (C=O) groups excluding carboxylic acids is 1. The highest BCUT2D eigenvalue weighted by atomic mass is 16.5. The third kappa shape index (κ3) is 3.75. The first kappa shape index (κ1) is 15.6. The van der Waals surface area contributed by atoms with Crippen LogP contribution in [0.15, 0.2) is 35.6 Å². The number of anilines is 1. The van der Waals surface area contributed by atoms with Crippen LogP contribution in [0.5, 0.6) is 5.75 Å². The van der Waals surface area contributed by atoms with Crippen LogP contribution in [0.25, 0.3) is 0 Å². The number of carbonyl (C=O) groups is 1. The summed E-state index contributed by atoms with van der Waals surface area (Å²) in [5.74, 6) is -0.201. The number of hydrogen-bond acceptors (Lipinski definition) is 4. The van der Waals surface area contributed by atoms with Gasteiger partial charge in [0.15, 0.2) is 5.57 Å². The molecule has 0 bridgehead atoms. The van der Waals surface area contributed by atoms with E-state index in [0.717, 1.165) is 0 Å². The van der Waals surface area contributed by atoms with Crippen LogP contribution in [-0.2, 0) is 4.79 Å². The summed E-state index contributed by atoms with van der Waals surface area (Å²) in [6.45, 7) is 5.17. The summed E-state index contributed by atoms with van der Waals surface area (Å²) < 4.78 is 5.01. The van der Waals surface area contributed by atoms with E-state index in [0.29, 0.717) is 11.4 Å². The highest BCUT2D eigenvalue weighted by Crippen LogP contribution is 2.26. The van der Waals surface area contributed by atoms with Gasteiger partial charge in [-0.15, -0.1) is 0 Å². The lowest BCUT2D eigenvalue weighted by molar-refractivity contribution is -0.112. The van der Waals surface area contributed by atoms with E-state index in [9.17, 15) is 9.90 Å². The molecule has 0 aliphatic rings. The van der Waals surface area contributed by atoms with Gasteiger partial charge in [-0.25, -0.2) is 0 Å². The predicted octanol–water partition coefficient (Wildman–Crippen LogP) is 3.02. The van der Waals surface area contributed by atoms with Crippen molar-refractivity contribution in [2.75, 3.05) is 12.4 Å². The van der Waals surface area contributed by atoms with Crippen molar-refractivity contribution in [2.45, 2.75) is 20.8 Å². The molecule has 1 rings (SSSR count). The van der Waals surface area contributed by atoms with E-state index in [1.165, 1.54) is 0 Å². The fourth-order valence-electron chi connectivity index (χ4n) is 1.45. The van der Waals surface area contributed by atoms with Crippen LogP contribution < -0.4 is 10.1 Å². The maximum absolute atomic E-state index is 12.0. The zero-order valence-electron chi connectivity index (χ0n) is 12.0. The van der Waals surface area contributed by atoms with Gasteiger partial charge in [-0.2, -0.15) is 5.26 Å². The van der Waals surface area contributed by atoms with Gasteiger partial charge in [0.2, 0.25) is 0 Å². The lowest BCUT2D eigenvalue weighted by atomic mass is 9.90. The minimum atomic E-state index is -0.664. The summed E-state index contributed by atoms with van der Waals surface area (Å²) >= 11 is 0. The quantitative estimate of drug-likeness (QED) is 0.504. The molecule has 0 atom stereocenters. The Labute approximate surface area is 118 Å². The fraction of sp³-hybridized carbons (Fsp3) is 0.333. The molecule has 0 unspecified atom stereocenters. The third-order valence-corrected chi connectivity index (χ3v) is 2.63. The lowest BCUT2D eigenvalue weighted by Gasteiger charge is -2.18. The van der Waals surface area contributed by atoms with E-state index in [4.69, 9.17) is 10.00 Å². The molecular formula is C15H18N2O3. The molecule has 0 aliphatic carbocycles. The number of hydrogen-bond donors (Lipinski definition) is 2. The van der Waals surface area contributed by atoms with Gasteiger partial charge in [-0.1, -0.05) is 20.8 Å². The number of nitriles is 1. The van der Waals surface area contributed by atoms with Gasteiger partial charge < -0.3 is 15.2 Å². The number of aliphatic hydroxyl groups excluding tert-OH is 1. The average molecular weight is 274 g/mol. The van der Waals surface area contributed by atoms with Gasteiger partial charge in [0.1, 0.15) is 17.6 Å². The van der Waals surface area contributed by atoms with Crippen molar-refractivity contribution in [3.05, 3.63) is 35.6 Å². The Kier molecular flexibility index (Phi) is 4.76. The summed E-state index contributed by atoms with van der Waals surface area (Å²) in [5.41, 5.74) is -0.430. The Bertz CT molecular complexity index is 560. The molecule has 20 heavy (non-hydrogen) atoms. The lowest BCUT2D eigenvalue weighted by Crippen LogP contribution is -2.20. The Morgan fingerprint density at radius 3 is 2.25 bits per heavy atom. The Hall–Kier alpha value is -2.48. The van der Waals surface area contributed by atoms with E-state index in [2.05, 4.69) is 5.32 Å². The average Bonchev–Trinajstić information content (AvgIpc) is 2.39. The number of methoxy groups -OCH3 is 1. The van der Waals surface area contributed by atoms with Crippen LogP contribution in [0, 0.1) is 16.7 Å². The zero-order chi connectivity index (χ0) is 15.3. The van der Waals surface area contributed by atoms with E-state index in [-0.39, 0.29) is 11.3 Å². The molecule has 0 aliphatic heterocycles. The van der Waals surface area contributed by atoms with Crippen LogP contribution in [0.4, 0.5) is 5.69 Å². The number of nitrogens with zero attached hydrogens (tertiary/aromatic N) is 1. The molecule has 5 nitrogen and oxygen atoms in total. The largest absolute Gasteiger partial charge is 0.510 e. The molecular weight excluding hydrogens is 256 g/mol. The zero-order valence-corrected chi connectivity index (χ0v) is 12.0. The Morgan fingerprint density at radius 2 is 1.85 bits per heavy atom. The number of aliphatic hydroxyl groups is 1. The van der Waals surface area contributed by atoms with E-state index >= 15 is 0 Å². The normalized spacial score (nSPS) is 12.2. The van der Waals surface area contributed by atoms with Crippen molar-refractivity contribution in [3.63, 3.8) is 0 Å².